The number of allylic oxidation sites excluding steroid dienone is 16. The average molecular weight is 847 g/mol. The van der Waals surface area contributed by atoms with Gasteiger partial charge in [0.1, 0.15) is 13.2 Å². The van der Waals surface area contributed by atoms with Crippen LogP contribution in [0.2, 0.25) is 0 Å². The van der Waals surface area contributed by atoms with Crippen molar-refractivity contribution >= 4 is 17.9 Å². The van der Waals surface area contributed by atoms with Crippen LogP contribution in [0.4, 0.5) is 0 Å². The summed E-state index contributed by atoms with van der Waals surface area (Å²) >= 11 is 0. The van der Waals surface area contributed by atoms with Gasteiger partial charge in [0.15, 0.2) is 6.10 Å². The van der Waals surface area contributed by atoms with Crippen LogP contribution in [-0.4, -0.2) is 37.2 Å². The summed E-state index contributed by atoms with van der Waals surface area (Å²) in [6.45, 7) is 6.36. The maximum absolute atomic E-state index is 12.7. The van der Waals surface area contributed by atoms with Gasteiger partial charge >= 0.3 is 17.9 Å². The molecule has 0 aliphatic rings. The molecule has 61 heavy (non-hydrogen) atoms. The van der Waals surface area contributed by atoms with Crippen molar-refractivity contribution in [2.75, 3.05) is 13.2 Å². The van der Waals surface area contributed by atoms with Gasteiger partial charge < -0.3 is 14.2 Å². The molecule has 0 radical (unpaired) electrons. The largest absolute Gasteiger partial charge is 0.462 e. The van der Waals surface area contributed by atoms with Crippen LogP contribution in [0, 0.1) is 0 Å². The summed E-state index contributed by atoms with van der Waals surface area (Å²) in [7, 11) is 0. The lowest BCUT2D eigenvalue weighted by molar-refractivity contribution is -0.166. The van der Waals surface area contributed by atoms with Crippen molar-refractivity contribution < 1.29 is 28.6 Å². The van der Waals surface area contributed by atoms with Gasteiger partial charge in [-0.05, 0) is 83.5 Å². The zero-order valence-corrected chi connectivity index (χ0v) is 39.4. The number of carbonyl (C=O) groups is 3. The SMILES string of the molecule is CC/C=C\C/C=C\C/C=C\C/C=C\C/C=C\C/C=C\CCC(=O)OCC(COC(=O)CCCCCCCCCCCCC)OC(=O)CCCCCCC/C=C\C/C=C\CCC. The van der Waals surface area contributed by atoms with E-state index in [1.54, 1.807) is 0 Å². The predicted molar refractivity (Wildman–Crippen MR) is 260 cm³/mol. The molecule has 0 spiro atoms. The molecule has 346 valence electrons. The Bertz CT molecular complexity index is 1250. The highest BCUT2D eigenvalue weighted by molar-refractivity contribution is 5.71. The first-order valence-electron chi connectivity index (χ1n) is 24.7. The third-order valence-electron chi connectivity index (χ3n) is 10.1. The topological polar surface area (TPSA) is 78.9 Å². The maximum Gasteiger partial charge on any atom is 0.306 e. The minimum atomic E-state index is -0.813. The molecule has 0 N–H and O–H groups in total. The minimum Gasteiger partial charge on any atom is -0.462 e. The first-order chi connectivity index (χ1) is 30.0. The van der Waals surface area contributed by atoms with Crippen molar-refractivity contribution in [2.45, 2.75) is 219 Å². The molecule has 0 amide bonds. The van der Waals surface area contributed by atoms with Gasteiger partial charge in [-0.25, -0.2) is 0 Å². The van der Waals surface area contributed by atoms with Gasteiger partial charge in [0, 0.05) is 19.3 Å². The Morgan fingerprint density at radius 3 is 1.16 bits per heavy atom. The van der Waals surface area contributed by atoms with E-state index in [2.05, 4.69) is 106 Å². The highest BCUT2D eigenvalue weighted by Crippen LogP contribution is 2.13. The Morgan fingerprint density at radius 1 is 0.344 bits per heavy atom. The Hall–Kier alpha value is -3.67. The summed E-state index contributed by atoms with van der Waals surface area (Å²) in [6.07, 6.45) is 64.0. The molecule has 1 unspecified atom stereocenters. The molecule has 6 heteroatoms. The van der Waals surface area contributed by atoms with E-state index in [0.29, 0.717) is 19.3 Å². The third kappa shape index (κ3) is 47.2. The molecule has 1 atom stereocenters. The first kappa shape index (κ1) is 57.3. The van der Waals surface area contributed by atoms with Crippen molar-refractivity contribution in [3.05, 3.63) is 97.2 Å². The second kappa shape index (κ2) is 49.0. The lowest BCUT2D eigenvalue weighted by Gasteiger charge is -2.18. The number of carbonyl (C=O) groups excluding carboxylic acids is 3. The fraction of sp³-hybridized carbons (Fsp3) is 0.655. The third-order valence-corrected chi connectivity index (χ3v) is 10.1. The van der Waals surface area contributed by atoms with Crippen molar-refractivity contribution in [2.24, 2.45) is 0 Å². The highest BCUT2D eigenvalue weighted by Gasteiger charge is 2.19. The van der Waals surface area contributed by atoms with Crippen molar-refractivity contribution in [1.29, 1.82) is 0 Å². The number of ether oxygens (including phenoxy) is 3. The summed E-state index contributed by atoms with van der Waals surface area (Å²) in [6, 6.07) is 0. The van der Waals surface area contributed by atoms with E-state index in [1.165, 1.54) is 57.8 Å². The molecule has 0 heterocycles. The Balaban J connectivity index is 4.51. The minimum absolute atomic E-state index is 0.106. The normalized spacial score (nSPS) is 12.9. The van der Waals surface area contributed by atoms with Crippen LogP contribution >= 0.6 is 0 Å². The summed E-state index contributed by atoms with van der Waals surface area (Å²) in [4.78, 5) is 37.8. The van der Waals surface area contributed by atoms with Gasteiger partial charge in [0.2, 0.25) is 0 Å². The Labute approximate surface area is 375 Å². The van der Waals surface area contributed by atoms with E-state index in [4.69, 9.17) is 14.2 Å². The summed E-state index contributed by atoms with van der Waals surface area (Å²) < 4.78 is 16.7. The molecular weight excluding hydrogens is 757 g/mol. The molecule has 0 saturated carbocycles. The molecule has 0 aliphatic heterocycles. The smallest absolute Gasteiger partial charge is 0.306 e. The van der Waals surface area contributed by atoms with E-state index < -0.39 is 6.10 Å². The second-order valence-electron chi connectivity index (χ2n) is 16.0. The van der Waals surface area contributed by atoms with Crippen LogP contribution in [0.5, 0.6) is 0 Å². The van der Waals surface area contributed by atoms with Gasteiger partial charge in [0.25, 0.3) is 0 Å². The number of esters is 3. The molecule has 0 aromatic rings. The summed E-state index contributed by atoms with van der Waals surface area (Å²) in [5, 5.41) is 0. The van der Waals surface area contributed by atoms with Gasteiger partial charge in [0.05, 0.1) is 0 Å². The molecule has 0 aliphatic carbocycles. The van der Waals surface area contributed by atoms with E-state index >= 15 is 0 Å². The fourth-order valence-electron chi connectivity index (χ4n) is 6.39. The van der Waals surface area contributed by atoms with Gasteiger partial charge in [-0.1, -0.05) is 208 Å². The van der Waals surface area contributed by atoms with E-state index in [1.807, 2.05) is 12.2 Å². The number of rotatable bonds is 43. The van der Waals surface area contributed by atoms with Crippen LogP contribution < -0.4 is 0 Å². The van der Waals surface area contributed by atoms with Crippen LogP contribution in [0.25, 0.3) is 0 Å². The van der Waals surface area contributed by atoms with Gasteiger partial charge in [-0.15, -0.1) is 0 Å². The molecule has 0 aromatic carbocycles. The second-order valence-corrected chi connectivity index (χ2v) is 16.0. The lowest BCUT2D eigenvalue weighted by Crippen LogP contribution is -2.30. The Kier molecular flexibility index (Phi) is 46.0. The maximum atomic E-state index is 12.7. The van der Waals surface area contributed by atoms with Crippen molar-refractivity contribution in [1.82, 2.24) is 0 Å². The first-order valence-corrected chi connectivity index (χ1v) is 24.7. The van der Waals surface area contributed by atoms with Crippen molar-refractivity contribution in [3.8, 4) is 0 Å². The van der Waals surface area contributed by atoms with Crippen LogP contribution in [0.1, 0.15) is 213 Å². The van der Waals surface area contributed by atoms with Gasteiger partial charge in [-0.2, -0.15) is 0 Å². The van der Waals surface area contributed by atoms with E-state index in [-0.39, 0.29) is 37.5 Å². The molecular formula is C55H90O6. The molecule has 6 nitrogen and oxygen atoms in total. The zero-order valence-electron chi connectivity index (χ0n) is 39.4. The molecule has 0 rings (SSSR count). The van der Waals surface area contributed by atoms with Crippen LogP contribution in [0.15, 0.2) is 97.2 Å². The van der Waals surface area contributed by atoms with Crippen LogP contribution in [0.3, 0.4) is 0 Å². The van der Waals surface area contributed by atoms with E-state index in [9.17, 15) is 14.4 Å². The molecule has 0 bridgehead atoms. The summed E-state index contributed by atoms with van der Waals surface area (Å²) in [5.41, 5.74) is 0. The number of hydrogen-bond acceptors (Lipinski definition) is 6. The highest BCUT2D eigenvalue weighted by atomic mass is 16.6. The van der Waals surface area contributed by atoms with E-state index in [0.717, 1.165) is 109 Å². The monoisotopic (exact) mass is 847 g/mol. The standard InChI is InChI=1S/C55H90O6/c1-4-7-10-13-16-19-22-24-25-26-27-28-29-31-33-36-39-42-45-48-54(57)60-51-52(50-59-53(56)47-44-41-38-35-32-21-18-15-12-9-6-3)61-55(58)49-46-43-40-37-34-30-23-20-17-14-11-8-5-2/h7,10-11,14,16,19-20,23-25,27-28,31,33,39,42,52H,4-6,8-9,12-13,15,17-18,21-22,26,29-30,32,34-38,40-41,43-51H2,1-3H3/b10-7-,14-11-,19-16-,23-20-,25-24-,28-27-,33-31-,42-39-. The molecule has 0 aromatic heterocycles. The quantitative estimate of drug-likeness (QED) is 0.0263. The van der Waals surface area contributed by atoms with Crippen molar-refractivity contribution in [3.63, 3.8) is 0 Å². The van der Waals surface area contributed by atoms with Gasteiger partial charge in [-0.3, -0.25) is 14.4 Å². The average Bonchev–Trinajstić information content (AvgIpc) is 3.26. The van der Waals surface area contributed by atoms with Crippen LogP contribution in [-0.2, 0) is 28.6 Å². The summed E-state index contributed by atoms with van der Waals surface area (Å²) in [5.74, 6) is -1.01. The zero-order chi connectivity index (χ0) is 44.4. The number of unbranched alkanes of at least 4 members (excludes halogenated alkanes) is 16. The molecule has 0 saturated heterocycles. The Morgan fingerprint density at radius 2 is 0.705 bits per heavy atom. The lowest BCUT2D eigenvalue weighted by atomic mass is 10.1. The molecule has 0 fully saturated rings. The number of hydrogen-bond donors (Lipinski definition) is 0. The predicted octanol–water partition coefficient (Wildman–Crippen LogP) is 16.2. The fourth-order valence-corrected chi connectivity index (χ4v) is 6.39.